The third-order valence-corrected chi connectivity index (χ3v) is 4.72. The number of hydrogen-bond donors (Lipinski definition) is 1. The first-order valence-electron chi connectivity index (χ1n) is 6.42. The third-order valence-electron chi connectivity index (χ3n) is 2.95. The molecule has 1 aromatic carbocycles. The van der Waals surface area contributed by atoms with E-state index >= 15 is 0 Å². The van der Waals surface area contributed by atoms with Gasteiger partial charge in [0.25, 0.3) is 0 Å². The summed E-state index contributed by atoms with van der Waals surface area (Å²) in [6, 6.07) is 10.3. The number of nitrogens with zero attached hydrogens (tertiary/aromatic N) is 1. The lowest BCUT2D eigenvalue weighted by atomic mass is 10.1. The molecule has 0 saturated carbocycles. The summed E-state index contributed by atoms with van der Waals surface area (Å²) in [7, 11) is 0. The Kier molecular flexibility index (Phi) is 5.90. The molecule has 0 aliphatic rings. The lowest BCUT2D eigenvalue weighted by Crippen LogP contribution is -2.21. The zero-order valence-corrected chi connectivity index (χ0v) is 14.3. The van der Waals surface area contributed by atoms with Crippen LogP contribution in [0.3, 0.4) is 0 Å². The number of halogens is 2. The van der Waals surface area contributed by atoms with Crippen LogP contribution in [0.2, 0.25) is 5.02 Å². The summed E-state index contributed by atoms with van der Waals surface area (Å²) in [5.74, 6) is 0. The molecule has 106 valence electrons. The van der Waals surface area contributed by atoms with Gasteiger partial charge in [-0.25, -0.2) is 4.98 Å². The number of nitrogens with two attached hydrogens (primary N) is 1. The summed E-state index contributed by atoms with van der Waals surface area (Å²) in [6.07, 6.45) is 3.51. The highest BCUT2D eigenvalue weighted by Gasteiger charge is 2.09. The van der Waals surface area contributed by atoms with Crippen LogP contribution in [0.15, 0.2) is 50.9 Å². The predicted octanol–water partition coefficient (Wildman–Crippen LogP) is 4.93. The summed E-state index contributed by atoms with van der Waals surface area (Å²) in [4.78, 5) is 5.51. The molecule has 1 aromatic heterocycles. The second-order valence-electron chi connectivity index (χ2n) is 4.54. The molecule has 2 rings (SSSR count). The van der Waals surface area contributed by atoms with E-state index < -0.39 is 0 Å². The molecule has 1 unspecified atom stereocenters. The molecule has 0 aliphatic heterocycles. The van der Waals surface area contributed by atoms with Crippen LogP contribution in [0.25, 0.3) is 0 Å². The van der Waals surface area contributed by atoms with Crippen molar-refractivity contribution in [1.82, 2.24) is 4.98 Å². The van der Waals surface area contributed by atoms with E-state index in [2.05, 4.69) is 46.0 Å². The highest BCUT2D eigenvalue weighted by atomic mass is 79.9. The monoisotopic (exact) mass is 370 g/mol. The quantitative estimate of drug-likeness (QED) is 0.810. The molecular weight excluding hydrogens is 356 g/mol. The Labute approximate surface area is 137 Å². The largest absolute Gasteiger partial charge is 0.327 e. The van der Waals surface area contributed by atoms with Crippen LogP contribution in [0.4, 0.5) is 0 Å². The summed E-state index contributed by atoms with van der Waals surface area (Å²) in [5.41, 5.74) is 7.33. The van der Waals surface area contributed by atoms with E-state index in [4.69, 9.17) is 17.3 Å². The van der Waals surface area contributed by atoms with Gasteiger partial charge in [-0.1, -0.05) is 52.3 Å². The topological polar surface area (TPSA) is 38.9 Å². The Bertz CT molecular complexity index is 575. The highest BCUT2D eigenvalue weighted by Crippen LogP contribution is 2.32. The number of benzene rings is 1. The minimum Gasteiger partial charge on any atom is -0.327 e. The van der Waals surface area contributed by atoms with Crippen LogP contribution in [0, 0.1) is 0 Å². The van der Waals surface area contributed by atoms with Gasteiger partial charge in [-0.3, -0.25) is 0 Å². The first-order chi connectivity index (χ1) is 9.58. The number of aromatic nitrogens is 1. The van der Waals surface area contributed by atoms with Gasteiger partial charge < -0.3 is 5.73 Å². The van der Waals surface area contributed by atoms with Gasteiger partial charge in [0.1, 0.15) is 5.03 Å². The predicted molar refractivity (Wildman–Crippen MR) is 89.5 cm³/mol. The maximum atomic E-state index is 6.07. The van der Waals surface area contributed by atoms with Gasteiger partial charge in [0.05, 0.1) is 5.02 Å². The maximum Gasteiger partial charge on any atom is 0.101 e. The number of hydrogen-bond acceptors (Lipinski definition) is 3. The van der Waals surface area contributed by atoms with E-state index in [1.54, 1.807) is 18.0 Å². The van der Waals surface area contributed by atoms with Crippen LogP contribution in [0.5, 0.6) is 0 Å². The van der Waals surface area contributed by atoms with Crippen LogP contribution >= 0.6 is 39.3 Å². The smallest absolute Gasteiger partial charge is 0.101 e. The highest BCUT2D eigenvalue weighted by molar-refractivity contribution is 9.10. The van der Waals surface area contributed by atoms with E-state index in [0.717, 1.165) is 22.3 Å². The van der Waals surface area contributed by atoms with Crippen molar-refractivity contribution in [3.63, 3.8) is 0 Å². The number of rotatable bonds is 5. The molecule has 2 N–H and O–H groups in total. The third kappa shape index (κ3) is 4.48. The van der Waals surface area contributed by atoms with Crippen molar-refractivity contribution in [3.05, 3.63) is 51.6 Å². The summed E-state index contributed by atoms with van der Waals surface area (Å²) in [6.45, 7) is 2.11. The molecule has 0 spiro atoms. The summed E-state index contributed by atoms with van der Waals surface area (Å²) >= 11 is 11.0. The first kappa shape index (κ1) is 15.8. The normalized spacial score (nSPS) is 12.4. The lowest BCUT2D eigenvalue weighted by molar-refractivity contribution is 0.641. The Balaban J connectivity index is 2.24. The fourth-order valence-electron chi connectivity index (χ4n) is 1.75. The molecule has 2 nitrogen and oxygen atoms in total. The summed E-state index contributed by atoms with van der Waals surface area (Å²) < 4.78 is 1.06. The molecule has 1 heterocycles. The van der Waals surface area contributed by atoms with Crippen molar-refractivity contribution in [2.45, 2.75) is 35.7 Å². The zero-order chi connectivity index (χ0) is 14.5. The first-order valence-corrected chi connectivity index (χ1v) is 8.40. The average Bonchev–Trinajstić information content (AvgIpc) is 2.44. The molecule has 0 amide bonds. The number of pyridine rings is 1. The zero-order valence-electron chi connectivity index (χ0n) is 11.1. The van der Waals surface area contributed by atoms with Crippen LogP contribution in [-0.2, 0) is 6.42 Å². The van der Waals surface area contributed by atoms with Crippen LogP contribution < -0.4 is 5.73 Å². The molecule has 1 atom stereocenters. The molecular formula is C15H16BrClN2S. The van der Waals surface area contributed by atoms with Gasteiger partial charge in [0.15, 0.2) is 0 Å². The lowest BCUT2D eigenvalue weighted by Gasteiger charge is -2.13. The van der Waals surface area contributed by atoms with E-state index in [1.807, 2.05) is 12.1 Å². The van der Waals surface area contributed by atoms with Crippen molar-refractivity contribution < 1.29 is 0 Å². The van der Waals surface area contributed by atoms with Gasteiger partial charge in [-0.2, -0.15) is 0 Å². The van der Waals surface area contributed by atoms with E-state index in [9.17, 15) is 0 Å². The SMILES string of the molecule is CCC(N)Cc1ccc(Br)cc1Sc1ccc(Cl)cn1. The molecule has 5 heteroatoms. The Morgan fingerprint density at radius 2 is 2.15 bits per heavy atom. The van der Waals surface area contributed by atoms with E-state index in [-0.39, 0.29) is 6.04 Å². The fraction of sp³-hybridized carbons (Fsp3) is 0.267. The minimum absolute atomic E-state index is 0.189. The van der Waals surface area contributed by atoms with Crippen LogP contribution in [0.1, 0.15) is 18.9 Å². The van der Waals surface area contributed by atoms with Gasteiger partial charge >= 0.3 is 0 Å². The summed E-state index contributed by atoms with van der Waals surface area (Å²) in [5, 5.41) is 1.58. The minimum atomic E-state index is 0.189. The van der Waals surface area contributed by atoms with Gasteiger partial charge in [-0.15, -0.1) is 0 Å². The molecule has 0 fully saturated rings. The molecule has 0 bridgehead atoms. The van der Waals surface area contributed by atoms with Gasteiger partial charge in [0, 0.05) is 21.6 Å². The molecule has 0 aliphatic carbocycles. The average molecular weight is 372 g/mol. The van der Waals surface area contributed by atoms with E-state index in [1.165, 1.54) is 10.5 Å². The van der Waals surface area contributed by atoms with Crippen LogP contribution in [-0.4, -0.2) is 11.0 Å². The molecule has 0 saturated heterocycles. The second-order valence-corrected chi connectivity index (χ2v) is 6.96. The Hall–Kier alpha value is -0.550. The van der Waals surface area contributed by atoms with Crippen molar-refractivity contribution in [1.29, 1.82) is 0 Å². The van der Waals surface area contributed by atoms with Gasteiger partial charge in [-0.05, 0) is 42.7 Å². The van der Waals surface area contributed by atoms with Crippen molar-refractivity contribution in [2.24, 2.45) is 5.73 Å². The molecule has 2 aromatic rings. The van der Waals surface area contributed by atoms with Crippen molar-refractivity contribution in [2.75, 3.05) is 0 Å². The van der Waals surface area contributed by atoms with Crippen molar-refractivity contribution >= 4 is 39.3 Å². The van der Waals surface area contributed by atoms with Crippen molar-refractivity contribution in [3.8, 4) is 0 Å². The Morgan fingerprint density at radius 1 is 1.35 bits per heavy atom. The molecule has 0 radical (unpaired) electrons. The van der Waals surface area contributed by atoms with E-state index in [0.29, 0.717) is 5.02 Å². The second kappa shape index (κ2) is 7.46. The standard InChI is InChI=1S/C15H16BrClN2S/c1-2-13(18)7-10-3-4-11(16)8-14(10)20-15-6-5-12(17)9-19-15/h3-6,8-9,13H,2,7,18H2,1H3. The molecule has 20 heavy (non-hydrogen) atoms. The van der Waals surface area contributed by atoms with Gasteiger partial charge in [0.2, 0.25) is 0 Å². The Morgan fingerprint density at radius 3 is 2.80 bits per heavy atom. The maximum absolute atomic E-state index is 6.07. The fourth-order valence-corrected chi connectivity index (χ4v) is 3.31.